The largest absolute Gasteiger partial charge is 0.405 e. The van der Waals surface area contributed by atoms with Crippen LogP contribution in [0.25, 0.3) is 0 Å². The molecule has 0 aliphatic heterocycles. The van der Waals surface area contributed by atoms with E-state index in [1.165, 1.54) is 32.6 Å². The number of esters is 1. The highest BCUT2D eigenvalue weighted by atomic mass is 16.8. The number of ether oxygens (including phenoxy) is 1. The van der Waals surface area contributed by atoms with Crippen molar-refractivity contribution in [2.24, 2.45) is 0 Å². The minimum absolute atomic E-state index is 0.0415. The second kappa shape index (κ2) is 9.11. The topological polar surface area (TPSA) is 66.8 Å². The monoisotopic (exact) mass is 258 g/mol. The molecule has 0 spiro atoms. The van der Waals surface area contributed by atoms with Crippen LogP contribution in [0, 0.1) is 0 Å². The first-order valence-electron chi connectivity index (χ1n) is 6.72. The summed E-state index contributed by atoms with van der Waals surface area (Å²) >= 11 is 0. The van der Waals surface area contributed by atoms with Crippen molar-refractivity contribution in [2.45, 2.75) is 71.2 Å². The van der Waals surface area contributed by atoms with Crippen LogP contribution in [0.4, 0.5) is 0 Å². The average Bonchev–Trinajstić information content (AvgIpc) is 2.27. The van der Waals surface area contributed by atoms with E-state index in [0.29, 0.717) is 6.42 Å². The Balaban J connectivity index is 3.64. The minimum Gasteiger partial charge on any atom is -0.405 e. The fourth-order valence-electron chi connectivity index (χ4n) is 1.60. The van der Waals surface area contributed by atoms with Gasteiger partial charge in [0.2, 0.25) is 0 Å². The first-order chi connectivity index (χ1) is 8.39. The highest BCUT2D eigenvalue weighted by Gasteiger charge is 2.27. The Bertz CT molecular complexity index is 259. The van der Waals surface area contributed by atoms with E-state index in [4.69, 9.17) is 0 Å². The van der Waals surface area contributed by atoms with Gasteiger partial charge in [0.15, 0.2) is 0 Å². The van der Waals surface area contributed by atoms with Crippen molar-refractivity contribution in [3.05, 3.63) is 12.2 Å². The van der Waals surface area contributed by atoms with Crippen molar-refractivity contribution in [1.82, 2.24) is 0 Å². The Labute approximate surface area is 110 Å². The van der Waals surface area contributed by atoms with E-state index >= 15 is 0 Å². The molecule has 0 rings (SSSR count). The van der Waals surface area contributed by atoms with Crippen LogP contribution >= 0.6 is 0 Å². The zero-order chi connectivity index (χ0) is 14.0. The lowest BCUT2D eigenvalue weighted by Crippen LogP contribution is -2.34. The summed E-state index contributed by atoms with van der Waals surface area (Å²) in [6, 6.07) is 0. The van der Waals surface area contributed by atoms with E-state index < -0.39 is 11.9 Å². The molecule has 0 saturated carbocycles. The van der Waals surface area contributed by atoms with Gasteiger partial charge >= 0.3 is 11.9 Å². The van der Waals surface area contributed by atoms with Gasteiger partial charge in [-0.15, -0.1) is 0 Å². The molecule has 0 heterocycles. The summed E-state index contributed by atoms with van der Waals surface area (Å²) in [6.07, 6.45) is 7.52. The number of aliphatic hydroxyl groups is 2. The number of carbonyl (C=O) groups excluding carboxylic acids is 1. The summed E-state index contributed by atoms with van der Waals surface area (Å²) in [6.45, 7) is 7.01. The molecule has 106 valence electrons. The highest BCUT2D eigenvalue weighted by Crippen LogP contribution is 2.16. The average molecular weight is 258 g/mol. The van der Waals surface area contributed by atoms with Gasteiger partial charge in [0.1, 0.15) is 0 Å². The maximum absolute atomic E-state index is 11.1. The molecule has 0 fully saturated rings. The van der Waals surface area contributed by atoms with E-state index in [1.54, 1.807) is 0 Å². The third kappa shape index (κ3) is 9.19. The van der Waals surface area contributed by atoms with E-state index in [1.807, 2.05) is 0 Å². The lowest BCUT2D eigenvalue weighted by molar-refractivity contribution is -0.320. The fraction of sp³-hybridized carbons (Fsp3) is 0.786. The zero-order valence-electron chi connectivity index (χ0n) is 11.6. The van der Waals surface area contributed by atoms with Crippen LogP contribution in [-0.2, 0) is 9.53 Å². The molecule has 0 aromatic rings. The first-order valence-corrected chi connectivity index (χ1v) is 6.72. The maximum atomic E-state index is 11.1. The maximum Gasteiger partial charge on any atom is 0.337 e. The third-order valence-electron chi connectivity index (χ3n) is 2.71. The second-order valence-electron chi connectivity index (χ2n) is 4.78. The van der Waals surface area contributed by atoms with Gasteiger partial charge in [-0.3, -0.25) is 0 Å². The molecule has 2 N–H and O–H groups in total. The van der Waals surface area contributed by atoms with Crippen LogP contribution in [-0.4, -0.2) is 22.2 Å². The molecule has 0 saturated heterocycles. The third-order valence-corrected chi connectivity index (χ3v) is 2.71. The molecule has 4 heteroatoms. The summed E-state index contributed by atoms with van der Waals surface area (Å²) in [5, 5.41) is 18.9. The van der Waals surface area contributed by atoms with Crippen molar-refractivity contribution >= 4 is 5.97 Å². The number of carbonyl (C=O) groups is 1. The molecular formula is C14H26O4. The summed E-state index contributed by atoms with van der Waals surface area (Å²) in [7, 11) is 0. The summed E-state index contributed by atoms with van der Waals surface area (Å²) in [5.41, 5.74) is 0.155. The predicted molar refractivity (Wildman–Crippen MR) is 70.7 cm³/mol. The van der Waals surface area contributed by atoms with Crippen molar-refractivity contribution in [3.8, 4) is 0 Å². The van der Waals surface area contributed by atoms with Crippen molar-refractivity contribution < 1.29 is 19.7 Å². The van der Waals surface area contributed by atoms with Crippen molar-refractivity contribution in [1.29, 1.82) is 0 Å². The molecule has 0 bridgehead atoms. The van der Waals surface area contributed by atoms with Gasteiger partial charge in [0.25, 0.3) is 0 Å². The molecule has 0 radical (unpaired) electrons. The molecular weight excluding hydrogens is 232 g/mol. The number of hydrogen-bond acceptors (Lipinski definition) is 4. The van der Waals surface area contributed by atoms with E-state index in [2.05, 4.69) is 18.2 Å². The van der Waals surface area contributed by atoms with Crippen LogP contribution in [0.1, 0.15) is 65.2 Å². The van der Waals surface area contributed by atoms with Crippen molar-refractivity contribution in [3.63, 3.8) is 0 Å². The molecule has 0 atom stereocenters. The number of hydrogen-bond donors (Lipinski definition) is 2. The SMILES string of the molecule is C=C(C)C(=O)OC(O)(O)CCCCCCCCC. The molecule has 0 aromatic carbocycles. The molecule has 0 amide bonds. The lowest BCUT2D eigenvalue weighted by atomic mass is 10.1. The number of rotatable bonds is 10. The van der Waals surface area contributed by atoms with E-state index in [0.717, 1.165) is 12.8 Å². The van der Waals surface area contributed by atoms with Gasteiger partial charge in [-0.25, -0.2) is 4.79 Å². The van der Waals surface area contributed by atoms with Gasteiger partial charge in [0.05, 0.1) is 0 Å². The molecule has 0 aliphatic rings. The quantitative estimate of drug-likeness (QED) is 0.274. The van der Waals surface area contributed by atoms with Crippen molar-refractivity contribution in [2.75, 3.05) is 0 Å². The fourth-order valence-corrected chi connectivity index (χ4v) is 1.60. The van der Waals surface area contributed by atoms with Crippen LogP contribution in [0.15, 0.2) is 12.2 Å². The van der Waals surface area contributed by atoms with Crippen LogP contribution < -0.4 is 0 Å². The standard InChI is InChI=1S/C14H26O4/c1-4-5-6-7-8-9-10-11-14(16,17)18-13(15)12(2)3/h16-17H,2,4-11H2,1,3H3. The minimum atomic E-state index is -2.36. The van der Waals surface area contributed by atoms with E-state index in [-0.39, 0.29) is 12.0 Å². The zero-order valence-corrected chi connectivity index (χ0v) is 11.6. The predicted octanol–water partition coefficient (Wildman–Crippen LogP) is 2.88. The summed E-state index contributed by atoms with van der Waals surface area (Å²) in [4.78, 5) is 11.1. The van der Waals surface area contributed by atoms with Crippen LogP contribution in [0.2, 0.25) is 0 Å². The Kier molecular flexibility index (Phi) is 8.67. The molecule has 0 unspecified atom stereocenters. The molecule has 4 nitrogen and oxygen atoms in total. The van der Waals surface area contributed by atoms with Crippen LogP contribution in [0.3, 0.4) is 0 Å². The smallest absolute Gasteiger partial charge is 0.337 e. The lowest BCUT2D eigenvalue weighted by Gasteiger charge is -2.21. The van der Waals surface area contributed by atoms with Gasteiger partial charge in [-0.05, 0) is 13.3 Å². The van der Waals surface area contributed by atoms with Gasteiger partial charge in [-0.2, -0.15) is 0 Å². The summed E-state index contributed by atoms with van der Waals surface area (Å²) < 4.78 is 4.52. The Hall–Kier alpha value is -0.870. The first kappa shape index (κ1) is 17.1. The normalized spacial score (nSPS) is 11.3. The van der Waals surface area contributed by atoms with E-state index in [9.17, 15) is 15.0 Å². The molecule has 18 heavy (non-hydrogen) atoms. The molecule has 0 aliphatic carbocycles. The number of unbranched alkanes of at least 4 members (excludes halogenated alkanes) is 6. The second-order valence-corrected chi connectivity index (χ2v) is 4.78. The van der Waals surface area contributed by atoms with Gasteiger partial charge in [-0.1, -0.05) is 52.0 Å². The van der Waals surface area contributed by atoms with Gasteiger partial charge in [0, 0.05) is 12.0 Å². The Morgan fingerprint density at radius 3 is 2.11 bits per heavy atom. The Morgan fingerprint density at radius 2 is 1.61 bits per heavy atom. The highest BCUT2D eigenvalue weighted by molar-refractivity contribution is 5.87. The Morgan fingerprint density at radius 1 is 1.11 bits per heavy atom. The summed E-state index contributed by atoms with van der Waals surface area (Å²) in [5.74, 6) is -3.14. The van der Waals surface area contributed by atoms with Crippen LogP contribution in [0.5, 0.6) is 0 Å². The molecule has 0 aromatic heterocycles. The van der Waals surface area contributed by atoms with Gasteiger partial charge < -0.3 is 14.9 Å².